The Morgan fingerprint density at radius 2 is 0.694 bits per heavy atom. The van der Waals surface area contributed by atoms with E-state index in [1.807, 2.05) is 0 Å². The average Bonchev–Trinajstić information content (AvgIpc) is 3.00. The molecule has 0 radical (unpaired) electrons. The molecule has 276 valence electrons. The van der Waals surface area contributed by atoms with Gasteiger partial charge >= 0.3 is 88.7 Å². The summed E-state index contributed by atoms with van der Waals surface area (Å²) in [6.45, 7) is 6.23. The summed E-state index contributed by atoms with van der Waals surface area (Å²) in [7, 11) is -4.94. The SMILES string of the molecule is O=C([O-])CC(C(=O)[O-])S(=O)(=O)O.[CH2-]CCCCCCCCCCCCCCCCCCCCCCCCCCCCCCCCC.[Na+].[Na+].[Na+]. The fraction of sp³-hybridized carbons (Fsp3) is 0.921. The average molecular weight is 743 g/mol. The van der Waals surface area contributed by atoms with Crippen molar-refractivity contribution >= 4 is 22.1 Å². The number of carboxylic acids is 2. The van der Waals surface area contributed by atoms with Crippen LogP contribution >= 0.6 is 0 Å². The van der Waals surface area contributed by atoms with Gasteiger partial charge in [-0.3, -0.25) is 4.55 Å². The van der Waals surface area contributed by atoms with Crippen molar-refractivity contribution in [3.8, 4) is 0 Å². The van der Waals surface area contributed by atoms with Crippen LogP contribution in [0, 0.1) is 6.92 Å². The first kappa shape index (κ1) is 60.1. The largest absolute Gasteiger partial charge is 1.00 e. The van der Waals surface area contributed by atoms with Gasteiger partial charge < -0.3 is 26.7 Å². The zero-order chi connectivity index (χ0) is 34.6. The van der Waals surface area contributed by atoms with Crippen LogP contribution in [0.15, 0.2) is 0 Å². The predicted octanol–water partition coefficient (Wildman–Crippen LogP) is 0.468. The molecule has 0 saturated carbocycles. The van der Waals surface area contributed by atoms with Gasteiger partial charge in [-0.05, 0) is 0 Å². The van der Waals surface area contributed by atoms with Crippen LogP contribution in [0.25, 0.3) is 0 Å². The molecule has 0 aliphatic rings. The zero-order valence-corrected chi connectivity index (χ0v) is 39.7. The van der Waals surface area contributed by atoms with Crippen molar-refractivity contribution in [2.75, 3.05) is 0 Å². The van der Waals surface area contributed by atoms with E-state index in [1.165, 1.54) is 199 Å². The van der Waals surface area contributed by atoms with E-state index in [0.717, 1.165) is 6.42 Å². The maximum atomic E-state index is 10.2. The topological polar surface area (TPSA) is 135 Å². The molecule has 0 heterocycles. The Bertz CT molecular complexity index is 738. The summed E-state index contributed by atoms with van der Waals surface area (Å²) in [6.07, 6.45) is 45.4. The van der Waals surface area contributed by atoms with Gasteiger partial charge in [0.2, 0.25) is 0 Å². The summed E-state index contributed by atoms with van der Waals surface area (Å²) in [4.78, 5) is 19.7. The molecule has 0 aliphatic heterocycles. The van der Waals surface area contributed by atoms with E-state index in [2.05, 4.69) is 13.8 Å². The molecule has 0 spiro atoms. The molecule has 0 saturated heterocycles. The van der Waals surface area contributed by atoms with Crippen LogP contribution in [-0.4, -0.2) is 30.2 Å². The quantitative estimate of drug-likeness (QED) is 0.0432. The first-order valence-corrected chi connectivity index (χ1v) is 20.8. The number of carbonyl (C=O) groups is 2. The molecule has 0 amide bonds. The van der Waals surface area contributed by atoms with Gasteiger partial charge in [0.05, 0.1) is 5.97 Å². The van der Waals surface area contributed by atoms with Gasteiger partial charge in [-0.15, -0.1) is 0 Å². The van der Waals surface area contributed by atoms with Crippen LogP contribution in [0.4, 0.5) is 0 Å². The molecule has 1 atom stereocenters. The van der Waals surface area contributed by atoms with E-state index in [9.17, 15) is 28.2 Å². The first-order chi connectivity index (χ1) is 22.2. The van der Waals surface area contributed by atoms with Gasteiger partial charge in [-0.25, -0.2) is 0 Å². The molecule has 0 aromatic carbocycles. The van der Waals surface area contributed by atoms with Crippen LogP contribution in [0.5, 0.6) is 0 Å². The maximum Gasteiger partial charge on any atom is 1.00 e. The van der Waals surface area contributed by atoms with Crippen molar-refractivity contribution in [1.29, 1.82) is 0 Å². The number of carbonyl (C=O) groups excluding carboxylic acids is 2. The van der Waals surface area contributed by atoms with Gasteiger partial charge in [0.15, 0.2) is 0 Å². The third-order valence-corrected chi connectivity index (χ3v) is 9.91. The van der Waals surface area contributed by atoms with Crippen molar-refractivity contribution in [3.05, 3.63) is 6.92 Å². The van der Waals surface area contributed by atoms with Gasteiger partial charge in [-0.2, -0.15) is 14.8 Å². The minimum atomic E-state index is -4.94. The van der Waals surface area contributed by atoms with E-state index in [-0.39, 0.29) is 88.7 Å². The van der Waals surface area contributed by atoms with Gasteiger partial charge in [0.25, 0.3) is 10.1 Å². The number of hydrogen-bond donors (Lipinski definition) is 1. The summed E-state index contributed by atoms with van der Waals surface area (Å²) in [5.41, 5.74) is 0. The van der Waals surface area contributed by atoms with Gasteiger partial charge in [0, 0.05) is 12.4 Å². The standard InChI is InChI=1S/C34H69.C4H6O7S.3Na/c1-3-5-7-9-11-13-15-17-19-21-23-25-27-29-31-33-34-32-30-28-26-24-22-20-18-16-14-12-10-8-6-4-2;5-3(6)1-2(4(7)8)12(9,10)11;;;/h1,3-34H2,2H3;2H,1H2,(H,5,6)(H,7,8)(H,9,10,11);;;/q-1;;3*+1/p-2. The molecule has 0 fully saturated rings. The molecule has 0 bridgehead atoms. The van der Waals surface area contributed by atoms with Crippen molar-refractivity contribution in [2.45, 2.75) is 224 Å². The Kier molecular flexibility index (Phi) is 58.7. The third kappa shape index (κ3) is 52.0. The van der Waals surface area contributed by atoms with Crippen molar-refractivity contribution in [1.82, 2.24) is 0 Å². The molecule has 0 aliphatic carbocycles. The summed E-state index contributed by atoms with van der Waals surface area (Å²) >= 11 is 0. The summed E-state index contributed by atoms with van der Waals surface area (Å²) < 4.78 is 28.5. The van der Waals surface area contributed by atoms with Crippen LogP contribution in [-0.2, 0) is 19.7 Å². The van der Waals surface area contributed by atoms with E-state index < -0.39 is 33.7 Å². The van der Waals surface area contributed by atoms with E-state index in [0.29, 0.717) is 0 Å². The molecule has 0 aromatic rings. The molecular formula is C38H73Na3O7S. The first-order valence-electron chi connectivity index (χ1n) is 19.3. The van der Waals surface area contributed by atoms with Crippen LogP contribution in [0.3, 0.4) is 0 Å². The number of carboxylic acid groups (broad SMARTS) is 2. The second kappa shape index (κ2) is 47.9. The Morgan fingerprint density at radius 1 is 0.490 bits per heavy atom. The fourth-order valence-corrected chi connectivity index (χ4v) is 6.43. The van der Waals surface area contributed by atoms with E-state index in [4.69, 9.17) is 4.55 Å². The van der Waals surface area contributed by atoms with E-state index >= 15 is 0 Å². The monoisotopic (exact) mass is 742 g/mol. The fourth-order valence-electron chi connectivity index (χ4n) is 5.84. The van der Waals surface area contributed by atoms with Gasteiger partial charge in [0.1, 0.15) is 5.25 Å². The zero-order valence-electron chi connectivity index (χ0n) is 32.9. The number of rotatable bonds is 35. The second-order valence-electron chi connectivity index (χ2n) is 13.4. The van der Waals surface area contributed by atoms with E-state index in [1.54, 1.807) is 0 Å². The predicted molar refractivity (Wildman–Crippen MR) is 189 cm³/mol. The third-order valence-electron chi connectivity index (χ3n) is 8.83. The van der Waals surface area contributed by atoms with Crippen LogP contribution < -0.4 is 98.9 Å². The smallest absolute Gasteiger partial charge is 0.550 e. The van der Waals surface area contributed by atoms with Crippen molar-refractivity contribution < 1.29 is 121 Å². The molecule has 1 unspecified atom stereocenters. The molecule has 7 nitrogen and oxygen atoms in total. The Morgan fingerprint density at radius 3 is 0.816 bits per heavy atom. The van der Waals surface area contributed by atoms with Crippen molar-refractivity contribution in [3.63, 3.8) is 0 Å². The molecule has 49 heavy (non-hydrogen) atoms. The molecule has 0 aromatic heterocycles. The molecular weight excluding hydrogens is 669 g/mol. The number of unbranched alkanes of at least 4 members (excludes halogenated alkanes) is 31. The number of hydrogen-bond acceptors (Lipinski definition) is 6. The summed E-state index contributed by atoms with van der Waals surface area (Å²) in [5, 5.41) is 17.3. The molecule has 1 N–H and O–H groups in total. The normalized spacial score (nSPS) is 11.3. The molecule has 0 rings (SSSR count). The molecule has 11 heteroatoms. The minimum Gasteiger partial charge on any atom is -0.550 e. The van der Waals surface area contributed by atoms with Gasteiger partial charge in [-0.1, -0.05) is 206 Å². The second-order valence-corrected chi connectivity index (χ2v) is 15.0. The Labute approximate surface area is 370 Å². The summed E-state index contributed by atoms with van der Waals surface area (Å²) in [6, 6.07) is 0. The van der Waals surface area contributed by atoms with Crippen LogP contribution in [0.2, 0.25) is 0 Å². The van der Waals surface area contributed by atoms with Crippen LogP contribution in [0.1, 0.15) is 219 Å². The minimum absolute atomic E-state index is 0. The maximum absolute atomic E-state index is 10.2. The Hall–Kier alpha value is 1.85. The Balaban J connectivity index is -0.000000366. The summed E-state index contributed by atoms with van der Waals surface area (Å²) in [5.74, 6) is -4.08. The van der Waals surface area contributed by atoms with Crippen molar-refractivity contribution in [2.24, 2.45) is 0 Å². The number of aliphatic carboxylic acids is 2.